The number of aryl methyl sites for hydroxylation is 2. The molecule has 6 heteroatoms. The van der Waals surface area contributed by atoms with Crippen LogP contribution in [0, 0.1) is 6.92 Å². The van der Waals surface area contributed by atoms with E-state index in [1.807, 2.05) is 50.3 Å². The zero-order valence-electron chi connectivity index (χ0n) is 14.9. The SMILES string of the molecule is Cc1nn(C)cc1C(=O)N1CCC[C@H](c2ccnc(N(C)C)c2)C1. The van der Waals surface area contributed by atoms with Crippen molar-refractivity contribution in [1.82, 2.24) is 19.7 Å². The van der Waals surface area contributed by atoms with Crippen LogP contribution < -0.4 is 4.90 Å². The quantitative estimate of drug-likeness (QED) is 0.867. The third kappa shape index (κ3) is 3.27. The Balaban J connectivity index is 1.78. The fourth-order valence-corrected chi connectivity index (χ4v) is 3.35. The first-order chi connectivity index (χ1) is 11.5. The molecule has 0 N–H and O–H groups in total. The van der Waals surface area contributed by atoms with Crippen molar-refractivity contribution in [3.05, 3.63) is 41.3 Å². The van der Waals surface area contributed by atoms with Gasteiger partial charge in [0.2, 0.25) is 0 Å². The van der Waals surface area contributed by atoms with Gasteiger partial charge in [-0.2, -0.15) is 5.10 Å². The predicted octanol–water partition coefficient (Wildman–Crippen LogP) is 2.21. The van der Waals surface area contributed by atoms with Crippen LogP contribution in [-0.2, 0) is 7.05 Å². The lowest BCUT2D eigenvalue weighted by molar-refractivity contribution is 0.0706. The summed E-state index contributed by atoms with van der Waals surface area (Å²) in [6.45, 7) is 3.46. The Bertz CT molecular complexity index is 737. The van der Waals surface area contributed by atoms with Crippen molar-refractivity contribution in [3.63, 3.8) is 0 Å². The number of hydrogen-bond acceptors (Lipinski definition) is 4. The van der Waals surface area contributed by atoms with Gasteiger partial charge in [-0.25, -0.2) is 4.98 Å². The third-order valence-electron chi connectivity index (χ3n) is 4.65. The van der Waals surface area contributed by atoms with E-state index in [1.54, 1.807) is 4.68 Å². The second-order valence-electron chi connectivity index (χ2n) is 6.73. The van der Waals surface area contributed by atoms with Crippen LogP contribution in [0.15, 0.2) is 24.5 Å². The van der Waals surface area contributed by atoms with E-state index in [-0.39, 0.29) is 5.91 Å². The molecule has 1 saturated heterocycles. The van der Waals surface area contributed by atoms with Crippen molar-refractivity contribution in [2.75, 3.05) is 32.1 Å². The first kappa shape index (κ1) is 16.5. The molecule has 1 amide bonds. The van der Waals surface area contributed by atoms with E-state index in [2.05, 4.69) is 22.2 Å². The van der Waals surface area contributed by atoms with Gasteiger partial charge in [0.1, 0.15) is 5.82 Å². The highest BCUT2D eigenvalue weighted by Crippen LogP contribution is 2.29. The van der Waals surface area contributed by atoms with Crippen molar-refractivity contribution in [1.29, 1.82) is 0 Å². The van der Waals surface area contributed by atoms with Crippen molar-refractivity contribution >= 4 is 11.7 Å². The summed E-state index contributed by atoms with van der Waals surface area (Å²) in [4.78, 5) is 21.2. The summed E-state index contributed by atoms with van der Waals surface area (Å²) in [7, 11) is 5.84. The van der Waals surface area contributed by atoms with Crippen molar-refractivity contribution < 1.29 is 4.79 Å². The first-order valence-electron chi connectivity index (χ1n) is 8.38. The monoisotopic (exact) mass is 327 g/mol. The van der Waals surface area contributed by atoms with Crippen molar-refractivity contribution in [2.24, 2.45) is 7.05 Å². The van der Waals surface area contributed by atoms with Gasteiger partial charge in [0.05, 0.1) is 11.3 Å². The number of likely N-dealkylation sites (tertiary alicyclic amines) is 1. The van der Waals surface area contributed by atoms with Gasteiger partial charge in [-0.15, -0.1) is 0 Å². The Kier molecular flexibility index (Phi) is 4.55. The number of anilines is 1. The van der Waals surface area contributed by atoms with Crippen LogP contribution in [-0.4, -0.2) is 52.8 Å². The molecule has 3 heterocycles. The van der Waals surface area contributed by atoms with E-state index < -0.39 is 0 Å². The molecule has 24 heavy (non-hydrogen) atoms. The molecule has 1 atom stereocenters. The maximum atomic E-state index is 12.8. The molecule has 6 nitrogen and oxygen atoms in total. The minimum absolute atomic E-state index is 0.0900. The molecule has 2 aromatic rings. The Morgan fingerprint density at radius 3 is 2.83 bits per heavy atom. The minimum atomic E-state index is 0.0900. The number of carbonyl (C=O) groups excluding carboxylic acids is 1. The first-order valence-corrected chi connectivity index (χ1v) is 8.38. The van der Waals surface area contributed by atoms with Crippen LogP contribution in [0.3, 0.4) is 0 Å². The van der Waals surface area contributed by atoms with E-state index in [0.717, 1.165) is 37.4 Å². The average Bonchev–Trinajstić information content (AvgIpc) is 2.92. The van der Waals surface area contributed by atoms with E-state index in [4.69, 9.17) is 0 Å². The topological polar surface area (TPSA) is 54.3 Å². The third-order valence-corrected chi connectivity index (χ3v) is 4.65. The normalized spacial score (nSPS) is 17.8. The molecule has 0 radical (unpaired) electrons. The minimum Gasteiger partial charge on any atom is -0.363 e. The van der Waals surface area contributed by atoms with Gasteiger partial charge in [-0.1, -0.05) is 0 Å². The molecular weight excluding hydrogens is 302 g/mol. The lowest BCUT2D eigenvalue weighted by atomic mass is 9.90. The van der Waals surface area contributed by atoms with Gasteiger partial charge in [0.25, 0.3) is 5.91 Å². The van der Waals surface area contributed by atoms with Gasteiger partial charge >= 0.3 is 0 Å². The molecule has 128 valence electrons. The molecule has 0 saturated carbocycles. The van der Waals surface area contributed by atoms with Gasteiger partial charge in [0.15, 0.2) is 0 Å². The fraction of sp³-hybridized carbons (Fsp3) is 0.500. The van der Waals surface area contributed by atoms with E-state index in [0.29, 0.717) is 11.5 Å². The lowest BCUT2D eigenvalue weighted by Crippen LogP contribution is -2.39. The van der Waals surface area contributed by atoms with Gasteiger partial charge in [0, 0.05) is 52.5 Å². The number of piperidine rings is 1. The second kappa shape index (κ2) is 6.63. The Labute approximate surface area is 143 Å². The summed E-state index contributed by atoms with van der Waals surface area (Å²) < 4.78 is 1.70. The van der Waals surface area contributed by atoms with Crippen LogP contribution in [0.2, 0.25) is 0 Å². The van der Waals surface area contributed by atoms with E-state index in [9.17, 15) is 4.79 Å². The molecule has 0 unspecified atom stereocenters. The van der Waals surface area contributed by atoms with Crippen LogP contribution in [0.4, 0.5) is 5.82 Å². The molecule has 0 bridgehead atoms. The fourth-order valence-electron chi connectivity index (χ4n) is 3.35. The Hall–Kier alpha value is -2.37. The van der Waals surface area contributed by atoms with Crippen molar-refractivity contribution in [2.45, 2.75) is 25.7 Å². The summed E-state index contributed by atoms with van der Waals surface area (Å²) in [5.41, 5.74) is 2.76. The number of aromatic nitrogens is 3. The zero-order chi connectivity index (χ0) is 17.3. The standard InChI is InChI=1S/C18H25N5O/c1-13-16(12-22(4)20-13)18(24)23-9-5-6-15(11-23)14-7-8-19-17(10-14)21(2)3/h7-8,10,12,15H,5-6,9,11H2,1-4H3/t15-/m0/s1. The number of rotatable bonds is 3. The molecule has 1 fully saturated rings. The Morgan fingerprint density at radius 2 is 2.17 bits per heavy atom. The van der Waals surface area contributed by atoms with Crippen LogP contribution in [0.5, 0.6) is 0 Å². The average molecular weight is 327 g/mol. The number of nitrogens with zero attached hydrogens (tertiary/aromatic N) is 5. The molecule has 2 aromatic heterocycles. The molecular formula is C18H25N5O. The van der Waals surface area contributed by atoms with Crippen LogP contribution >= 0.6 is 0 Å². The smallest absolute Gasteiger partial charge is 0.257 e. The number of amides is 1. The molecule has 0 aromatic carbocycles. The second-order valence-corrected chi connectivity index (χ2v) is 6.73. The van der Waals surface area contributed by atoms with Crippen LogP contribution in [0.25, 0.3) is 0 Å². The highest BCUT2D eigenvalue weighted by atomic mass is 16.2. The summed E-state index contributed by atoms with van der Waals surface area (Å²) in [6.07, 6.45) is 5.80. The molecule has 1 aliphatic heterocycles. The molecule has 1 aliphatic rings. The van der Waals surface area contributed by atoms with E-state index in [1.165, 1.54) is 5.56 Å². The predicted molar refractivity (Wildman–Crippen MR) is 94.4 cm³/mol. The van der Waals surface area contributed by atoms with Gasteiger partial charge in [-0.3, -0.25) is 9.48 Å². The zero-order valence-corrected chi connectivity index (χ0v) is 14.9. The molecule has 3 rings (SSSR count). The lowest BCUT2D eigenvalue weighted by Gasteiger charge is -2.33. The maximum Gasteiger partial charge on any atom is 0.257 e. The molecule has 0 spiro atoms. The summed E-state index contributed by atoms with van der Waals surface area (Å²) in [5, 5.41) is 4.29. The number of pyridine rings is 1. The Morgan fingerprint density at radius 1 is 1.38 bits per heavy atom. The summed E-state index contributed by atoms with van der Waals surface area (Å²) in [6, 6.07) is 4.20. The number of hydrogen-bond donors (Lipinski definition) is 0. The highest BCUT2D eigenvalue weighted by Gasteiger charge is 2.27. The van der Waals surface area contributed by atoms with Gasteiger partial charge in [-0.05, 0) is 37.5 Å². The van der Waals surface area contributed by atoms with Crippen LogP contribution in [0.1, 0.15) is 40.4 Å². The number of carbonyl (C=O) groups is 1. The highest BCUT2D eigenvalue weighted by molar-refractivity contribution is 5.95. The van der Waals surface area contributed by atoms with E-state index >= 15 is 0 Å². The van der Waals surface area contributed by atoms with Gasteiger partial charge < -0.3 is 9.80 Å². The largest absolute Gasteiger partial charge is 0.363 e. The summed E-state index contributed by atoms with van der Waals surface area (Å²) >= 11 is 0. The molecule has 0 aliphatic carbocycles. The summed E-state index contributed by atoms with van der Waals surface area (Å²) in [5.74, 6) is 1.41. The van der Waals surface area contributed by atoms with Crippen molar-refractivity contribution in [3.8, 4) is 0 Å². The maximum absolute atomic E-state index is 12.8.